The Kier molecular flexibility index (Phi) is 3.02. The van der Waals surface area contributed by atoms with Crippen LogP contribution in [0.2, 0.25) is 0 Å². The van der Waals surface area contributed by atoms with Gasteiger partial charge in [-0.2, -0.15) is 0 Å². The van der Waals surface area contributed by atoms with Gasteiger partial charge in [0.2, 0.25) is 0 Å². The predicted molar refractivity (Wildman–Crippen MR) is 73.6 cm³/mol. The minimum Gasteiger partial charge on any atom is -0.394 e. The molecule has 8 heteroatoms. The van der Waals surface area contributed by atoms with E-state index in [1.165, 1.54) is 6.33 Å². The highest BCUT2D eigenvalue weighted by Gasteiger charge is 2.35. The van der Waals surface area contributed by atoms with Crippen molar-refractivity contribution >= 4 is 17.0 Å². The van der Waals surface area contributed by atoms with Gasteiger partial charge < -0.3 is 20.3 Å². The average Bonchev–Trinajstić information content (AvgIpc) is 3.06. The lowest BCUT2D eigenvalue weighted by Gasteiger charge is -2.13. The zero-order chi connectivity index (χ0) is 14.4. The van der Waals surface area contributed by atoms with Crippen molar-refractivity contribution in [3.05, 3.63) is 12.7 Å². The summed E-state index contributed by atoms with van der Waals surface area (Å²) >= 11 is 0. The van der Waals surface area contributed by atoms with E-state index >= 15 is 0 Å². The molecular formula is C13H17N5O3. The third kappa shape index (κ3) is 2.25. The monoisotopic (exact) mass is 291 g/mol. The van der Waals surface area contributed by atoms with Crippen molar-refractivity contribution in [2.45, 2.75) is 43.7 Å². The lowest BCUT2D eigenvalue weighted by molar-refractivity contribution is -0.0432. The number of aromatic nitrogens is 4. The van der Waals surface area contributed by atoms with Crippen LogP contribution in [0, 0.1) is 0 Å². The van der Waals surface area contributed by atoms with Crippen LogP contribution in [0.1, 0.15) is 25.5 Å². The summed E-state index contributed by atoms with van der Waals surface area (Å²) in [6.07, 6.45) is 4.26. The molecule has 1 unspecified atom stereocenters. The summed E-state index contributed by atoms with van der Waals surface area (Å²) < 4.78 is 7.44. The van der Waals surface area contributed by atoms with Gasteiger partial charge in [0.05, 0.1) is 19.0 Å². The van der Waals surface area contributed by atoms with Crippen LogP contribution in [-0.4, -0.2) is 54.6 Å². The second kappa shape index (κ2) is 4.90. The molecule has 2 fully saturated rings. The van der Waals surface area contributed by atoms with Crippen LogP contribution < -0.4 is 5.32 Å². The Balaban J connectivity index is 1.67. The summed E-state index contributed by atoms with van der Waals surface area (Å²) in [5, 5.41) is 22.4. The van der Waals surface area contributed by atoms with Crippen molar-refractivity contribution in [3.63, 3.8) is 0 Å². The van der Waals surface area contributed by atoms with Crippen LogP contribution in [0.25, 0.3) is 11.2 Å². The van der Waals surface area contributed by atoms with Gasteiger partial charge in [-0.3, -0.25) is 4.57 Å². The molecule has 3 atom stereocenters. The SMILES string of the molecule is OCC1O[C@@H](n2cnc3c(NC4CC4)ncnc32)C[C@@H]1O. The molecule has 0 spiro atoms. The fourth-order valence-electron chi connectivity index (χ4n) is 2.64. The molecule has 1 aliphatic heterocycles. The van der Waals surface area contributed by atoms with E-state index in [4.69, 9.17) is 9.84 Å². The molecule has 0 radical (unpaired) electrons. The Labute approximate surface area is 120 Å². The molecule has 8 nitrogen and oxygen atoms in total. The number of rotatable bonds is 4. The van der Waals surface area contributed by atoms with Gasteiger partial charge in [0.1, 0.15) is 18.7 Å². The van der Waals surface area contributed by atoms with E-state index in [-0.39, 0.29) is 12.8 Å². The number of imidazole rings is 1. The normalized spacial score (nSPS) is 29.1. The van der Waals surface area contributed by atoms with Gasteiger partial charge in [0.15, 0.2) is 17.0 Å². The molecule has 112 valence electrons. The summed E-state index contributed by atoms with van der Waals surface area (Å²) in [7, 11) is 0. The van der Waals surface area contributed by atoms with Crippen LogP contribution in [0.4, 0.5) is 5.82 Å². The maximum atomic E-state index is 9.85. The zero-order valence-corrected chi connectivity index (χ0v) is 11.4. The maximum Gasteiger partial charge on any atom is 0.167 e. The van der Waals surface area contributed by atoms with Gasteiger partial charge in [-0.15, -0.1) is 0 Å². The van der Waals surface area contributed by atoms with Crippen LogP contribution in [-0.2, 0) is 4.74 Å². The molecule has 0 aromatic carbocycles. The van der Waals surface area contributed by atoms with E-state index in [1.54, 1.807) is 10.9 Å². The molecule has 4 rings (SSSR count). The van der Waals surface area contributed by atoms with Crippen molar-refractivity contribution < 1.29 is 14.9 Å². The third-order valence-electron chi connectivity index (χ3n) is 3.97. The first-order chi connectivity index (χ1) is 10.3. The van der Waals surface area contributed by atoms with Gasteiger partial charge in [-0.05, 0) is 12.8 Å². The van der Waals surface area contributed by atoms with E-state index in [1.807, 2.05) is 0 Å². The lowest BCUT2D eigenvalue weighted by Crippen LogP contribution is -2.24. The third-order valence-corrected chi connectivity index (χ3v) is 3.97. The number of nitrogens with zero attached hydrogens (tertiary/aromatic N) is 4. The van der Waals surface area contributed by atoms with E-state index in [0.29, 0.717) is 23.6 Å². The molecule has 1 saturated carbocycles. The number of ether oxygens (including phenoxy) is 1. The average molecular weight is 291 g/mol. The molecule has 2 aliphatic rings. The number of aliphatic hydroxyl groups excluding tert-OH is 2. The first-order valence-corrected chi connectivity index (χ1v) is 7.14. The van der Waals surface area contributed by atoms with Crippen molar-refractivity contribution in [2.75, 3.05) is 11.9 Å². The van der Waals surface area contributed by atoms with Crippen LogP contribution in [0.15, 0.2) is 12.7 Å². The summed E-state index contributed by atoms with van der Waals surface area (Å²) in [6, 6.07) is 0.483. The zero-order valence-electron chi connectivity index (χ0n) is 11.4. The fraction of sp³-hybridized carbons (Fsp3) is 0.615. The van der Waals surface area contributed by atoms with Gasteiger partial charge in [0, 0.05) is 12.5 Å². The number of hydrogen-bond acceptors (Lipinski definition) is 7. The van der Waals surface area contributed by atoms with Crippen LogP contribution in [0.5, 0.6) is 0 Å². The lowest BCUT2D eigenvalue weighted by atomic mass is 10.2. The second-order valence-corrected chi connectivity index (χ2v) is 5.58. The maximum absolute atomic E-state index is 9.85. The van der Waals surface area contributed by atoms with Gasteiger partial charge >= 0.3 is 0 Å². The molecule has 3 heterocycles. The Morgan fingerprint density at radius 2 is 2.19 bits per heavy atom. The highest BCUT2D eigenvalue weighted by molar-refractivity contribution is 5.82. The largest absolute Gasteiger partial charge is 0.394 e. The second-order valence-electron chi connectivity index (χ2n) is 5.58. The number of fused-ring (bicyclic) bond motifs is 1. The highest BCUT2D eigenvalue weighted by Crippen LogP contribution is 2.32. The predicted octanol–water partition coefficient (Wildman–Crippen LogP) is 0.0413. The topological polar surface area (TPSA) is 105 Å². The van der Waals surface area contributed by atoms with E-state index < -0.39 is 12.2 Å². The summed E-state index contributed by atoms with van der Waals surface area (Å²) in [5.74, 6) is 0.735. The first-order valence-electron chi connectivity index (χ1n) is 7.14. The Morgan fingerprint density at radius 3 is 2.90 bits per heavy atom. The minimum absolute atomic E-state index is 0.201. The number of hydrogen-bond donors (Lipinski definition) is 3. The fourth-order valence-corrected chi connectivity index (χ4v) is 2.64. The van der Waals surface area contributed by atoms with Gasteiger partial charge in [-0.25, -0.2) is 15.0 Å². The number of nitrogens with one attached hydrogen (secondary N) is 1. The molecule has 1 saturated heterocycles. The molecule has 2 aromatic heterocycles. The molecule has 2 aromatic rings. The summed E-state index contributed by atoms with van der Waals surface area (Å²) in [6.45, 7) is -0.201. The van der Waals surface area contributed by atoms with Crippen molar-refractivity contribution in [3.8, 4) is 0 Å². The van der Waals surface area contributed by atoms with E-state index in [0.717, 1.165) is 18.7 Å². The summed E-state index contributed by atoms with van der Waals surface area (Å²) in [5.41, 5.74) is 1.37. The van der Waals surface area contributed by atoms with Crippen molar-refractivity contribution in [1.29, 1.82) is 0 Å². The van der Waals surface area contributed by atoms with Crippen LogP contribution >= 0.6 is 0 Å². The van der Waals surface area contributed by atoms with E-state index in [9.17, 15) is 5.11 Å². The highest BCUT2D eigenvalue weighted by atomic mass is 16.5. The molecule has 0 bridgehead atoms. The molecule has 3 N–H and O–H groups in total. The molecule has 0 amide bonds. The van der Waals surface area contributed by atoms with Crippen LogP contribution in [0.3, 0.4) is 0 Å². The minimum atomic E-state index is -0.677. The Bertz CT molecular complexity index is 656. The smallest absolute Gasteiger partial charge is 0.167 e. The summed E-state index contributed by atoms with van der Waals surface area (Å²) in [4.78, 5) is 12.9. The number of aliphatic hydroxyl groups is 2. The molecular weight excluding hydrogens is 274 g/mol. The molecule has 1 aliphatic carbocycles. The van der Waals surface area contributed by atoms with E-state index in [2.05, 4.69) is 20.3 Å². The number of anilines is 1. The van der Waals surface area contributed by atoms with Gasteiger partial charge in [-0.1, -0.05) is 0 Å². The Hall–Kier alpha value is -1.77. The standard InChI is InChI=1S/C13H17N5O3/c19-4-9-8(20)3-10(21-9)18-6-16-11-12(17-7-1-2-7)14-5-15-13(11)18/h5-10,19-20H,1-4H2,(H,14,15,17)/t8-,9?,10+/m0/s1. The van der Waals surface area contributed by atoms with Gasteiger partial charge in [0.25, 0.3) is 0 Å². The molecule has 21 heavy (non-hydrogen) atoms. The first kappa shape index (κ1) is 12.9. The van der Waals surface area contributed by atoms with Crippen molar-refractivity contribution in [2.24, 2.45) is 0 Å². The quantitative estimate of drug-likeness (QED) is 0.730. The Morgan fingerprint density at radius 1 is 1.33 bits per heavy atom. The van der Waals surface area contributed by atoms with Crippen molar-refractivity contribution in [1.82, 2.24) is 19.5 Å².